The Morgan fingerprint density at radius 1 is 1.31 bits per heavy atom. The quantitative estimate of drug-likeness (QED) is 0.723. The third-order valence-electron chi connectivity index (χ3n) is 4.75. The van der Waals surface area contributed by atoms with E-state index >= 15 is 0 Å². The van der Waals surface area contributed by atoms with Crippen LogP contribution in [0.25, 0.3) is 0 Å². The van der Waals surface area contributed by atoms with Gasteiger partial charge in [0.2, 0.25) is 5.78 Å². The Morgan fingerprint density at radius 2 is 2.04 bits per heavy atom. The molecule has 0 saturated carbocycles. The summed E-state index contributed by atoms with van der Waals surface area (Å²) in [5.41, 5.74) is 0.0571. The molecule has 1 aromatic rings. The second-order valence-corrected chi connectivity index (χ2v) is 7.00. The first-order valence-electron chi connectivity index (χ1n) is 8.81. The maximum absolute atomic E-state index is 12.8. The van der Waals surface area contributed by atoms with Crippen molar-refractivity contribution in [3.63, 3.8) is 0 Å². The molecule has 0 aliphatic carbocycles. The average molecular weight is 370 g/mol. The molecule has 0 N–H and O–H groups in total. The van der Waals surface area contributed by atoms with E-state index in [0.29, 0.717) is 25.1 Å². The number of rotatable bonds is 6. The third kappa shape index (κ3) is 5.83. The highest BCUT2D eigenvalue weighted by atomic mass is 19.4. The number of alkyl halides is 3. The molecule has 1 saturated heterocycles. The molecule has 1 aromatic carbocycles. The van der Waals surface area contributed by atoms with E-state index in [1.165, 1.54) is 24.0 Å². The van der Waals surface area contributed by atoms with Crippen LogP contribution in [0.3, 0.4) is 0 Å². The van der Waals surface area contributed by atoms with E-state index in [-0.39, 0.29) is 5.92 Å². The van der Waals surface area contributed by atoms with E-state index in [9.17, 15) is 22.8 Å². The topological polar surface area (TPSA) is 40.6 Å². The molecule has 26 heavy (non-hydrogen) atoms. The largest absolute Gasteiger partial charge is 0.416 e. The van der Waals surface area contributed by atoms with Gasteiger partial charge >= 0.3 is 6.18 Å². The Labute approximate surface area is 152 Å². The van der Waals surface area contributed by atoms with Gasteiger partial charge in [0.1, 0.15) is 0 Å². The zero-order valence-corrected chi connectivity index (χ0v) is 15.2. The zero-order valence-electron chi connectivity index (χ0n) is 15.2. The van der Waals surface area contributed by atoms with Crippen LogP contribution in [0.1, 0.15) is 30.9 Å². The van der Waals surface area contributed by atoms with Gasteiger partial charge in [-0.05, 0) is 43.4 Å². The number of nitrogens with zero attached hydrogens (tertiary/aromatic N) is 2. The Morgan fingerprint density at radius 3 is 2.69 bits per heavy atom. The lowest BCUT2D eigenvalue weighted by Crippen LogP contribution is -2.43. The van der Waals surface area contributed by atoms with Crippen LogP contribution in [0.4, 0.5) is 13.2 Å². The number of hydrogen-bond acceptors (Lipinski definition) is 3. The van der Waals surface area contributed by atoms with Gasteiger partial charge in [0.15, 0.2) is 0 Å². The fourth-order valence-corrected chi connectivity index (χ4v) is 3.43. The molecule has 2 rings (SSSR count). The lowest BCUT2D eigenvalue weighted by molar-refractivity contribution is -0.143. The maximum Gasteiger partial charge on any atom is 0.416 e. The van der Waals surface area contributed by atoms with Gasteiger partial charge in [0, 0.05) is 33.6 Å². The van der Waals surface area contributed by atoms with Gasteiger partial charge in [0.05, 0.1) is 5.56 Å². The lowest BCUT2D eigenvalue weighted by Gasteiger charge is -2.34. The van der Waals surface area contributed by atoms with Gasteiger partial charge in [-0.3, -0.25) is 9.59 Å². The Hall–Kier alpha value is -1.89. The first kappa shape index (κ1) is 20.4. The number of hydrogen-bond donors (Lipinski definition) is 0. The van der Waals surface area contributed by atoms with Gasteiger partial charge in [-0.25, -0.2) is 0 Å². The summed E-state index contributed by atoms with van der Waals surface area (Å²) in [6, 6.07) is 5.46. The summed E-state index contributed by atoms with van der Waals surface area (Å²) in [7, 11) is 1.63. The normalized spacial score (nSPS) is 18.6. The highest BCUT2D eigenvalue weighted by Gasteiger charge is 2.30. The summed E-state index contributed by atoms with van der Waals surface area (Å²) in [5, 5.41) is 0. The van der Waals surface area contributed by atoms with Crippen molar-refractivity contribution in [1.82, 2.24) is 9.80 Å². The minimum Gasteiger partial charge on any atom is -0.339 e. The standard InChI is InChI=1S/C19H25F3N2O2/c1-14(25)18(26)23(2)12-16-6-4-9-24(13-16)10-8-15-5-3-7-17(11-15)19(20,21)22/h3,5,7,11,16H,4,6,8-10,12-13H2,1-2H3/t16-/m0/s1. The van der Waals surface area contributed by atoms with E-state index in [1.54, 1.807) is 13.1 Å². The molecule has 1 fully saturated rings. The van der Waals surface area contributed by atoms with Crippen LogP contribution in [0.2, 0.25) is 0 Å². The fourth-order valence-electron chi connectivity index (χ4n) is 3.43. The predicted octanol–water partition coefficient (Wildman–Crippen LogP) is 3.01. The van der Waals surface area contributed by atoms with E-state index in [1.807, 2.05) is 0 Å². The number of likely N-dealkylation sites (tertiary alicyclic amines) is 1. The number of piperidine rings is 1. The van der Waals surface area contributed by atoms with Crippen molar-refractivity contribution in [1.29, 1.82) is 0 Å². The number of ketones is 1. The molecule has 144 valence electrons. The molecule has 0 spiro atoms. The molecular formula is C19H25F3N2O2. The van der Waals surface area contributed by atoms with Crippen molar-refractivity contribution in [2.75, 3.05) is 33.2 Å². The molecule has 7 heteroatoms. The Balaban J connectivity index is 1.87. The van der Waals surface area contributed by atoms with Crippen LogP contribution in [0.15, 0.2) is 24.3 Å². The molecule has 0 bridgehead atoms. The summed E-state index contributed by atoms with van der Waals surface area (Å²) in [5.74, 6) is -0.672. The number of likely N-dealkylation sites (N-methyl/N-ethyl adjacent to an activating group) is 1. The molecular weight excluding hydrogens is 345 g/mol. The van der Waals surface area contributed by atoms with Crippen molar-refractivity contribution < 1.29 is 22.8 Å². The summed E-state index contributed by atoms with van der Waals surface area (Å²) < 4.78 is 38.4. The van der Waals surface area contributed by atoms with Crippen LogP contribution in [-0.2, 0) is 22.2 Å². The number of carbonyl (C=O) groups is 2. The minimum absolute atomic E-state index is 0.276. The number of Topliss-reactive ketones (excluding diaryl/α,β-unsaturated/α-hetero) is 1. The van der Waals surface area contributed by atoms with Gasteiger partial charge in [-0.2, -0.15) is 13.2 Å². The maximum atomic E-state index is 12.8. The van der Waals surface area contributed by atoms with Crippen molar-refractivity contribution in [3.05, 3.63) is 35.4 Å². The number of benzene rings is 1. The van der Waals surface area contributed by atoms with Gasteiger partial charge < -0.3 is 9.80 Å². The summed E-state index contributed by atoms with van der Waals surface area (Å²) in [4.78, 5) is 26.5. The third-order valence-corrected chi connectivity index (χ3v) is 4.75. The molecule has 1 aliphatic rings. The van der Waals surface area contributed by atoms with Crippen LogP contribution in [0, 0.1) is 5.92 Å². The molecule has 4 nitrogen and oxygen atoms in total. The predicted molar refractivity (Wildman–Crippen MR) is 92.6 cm³/mol. The summed E-state index contributed by atoms with van der Waals surface area (Å²) in [6.07, 6.45) is -1.80. The molecule has 1 aliphatic heterocycles. The minimum atomic E-state index is -4.32. The molecule has 0 radical (unpaired) electrons. The lowest BCUT2D eigenvalue weighted by atomic mass is 9.97. The zero-order chi connectivity index (χ0) is 19.3. The molecule has 1 atom stereocenters. The van der Waals surface area contributed by atoms with Crippen molar-refractivity contribution in [2.24, 2.45) is 5.92 Å². The second kappa shape index (κ2) is 8.66. The molecule has 0 aromatic heterocycles. The van der Waals surface area contributed by atoms with Crippen molar-refractivity contribution >= 4 is 11.7 Å². The van der Waals surface area contributed by atoms with Crippen molar-refractivity contribution in [2.45, 2.75) is 32.4 Å². The number of halogens is 3. The van der Waals surface area contributed by atoms with Gasteiger partial charge in [0.25, 0.3) is 5.91 Å². The van der Waals surface area contributed by atoms with Crippen LogP contribution < -0.4 is 0 Å². The monoisotopic (exact) mass is 370 g/mol. The number of carbonyl (C=O) groups excluding carboxylic acids is 2. The first-order chi connectivity index (χ1) is 12.2. The molecule has 1 heterocycles. The number of amides is 1. The molecule has 1 amide bonds. The summed E-state index contributed by atoms with van der Waals surface area (Å²) in [6.45, 7) is 4.16. The Bertz CT molecular complexity index is 646. The highest BCUT2D eigenvalue weighted by Crippen LogP contribution is 2.29. The highest BCUT2D eigenvalue weighted by molar-refractivity contribution is 6.34. The van der Waals surface area contributed by atoms with Gasteiger partial charge in [-0.1, -0.05) is 18.2 Å². The summed E-state index contributed by atoms with van der Waals surface area (Å²) >= 11 is 0. The average Bonchev–Trinajstić information content (AvgIpc) is 2.59. The van der Waals surface area contributed by atoms with E-state index in [4.69, 9.17) is 0 Å². The first-order valence-corrected chi connectivity index (χ1v) is 8.81. The van der Waals surface area contributed by atoms with E-state index in [2.05, 4.69) is 4.90 Å². The van der Waals surface area contributed by atoms with Crippen LogP contribution >= 0.6 is 0 Å². The second-order valence-electron chi connectivity index (χ2n) is 7.00. The van der Waals surface area contributed by atoms with E-state index in [0.717, 1.165) is 32.0 Å². The molecule has 0 unspecified atom stereocenters. The van der Waals surface area contributed by atoms with Crippen LogP contribution in [0.5, 0.6) is 0 Å². The SMILES string of the molecule is CC(=O)C(=O)N(C)C[C@@H]1CCCN(CCc2cccc(C(F)(F)F)c2)C1. The Kier molecular flexibility index (Phi) is 6.81. The van der Waals surface area contributed by atoms with Crippen LogP contribution in [-0.4, -0.2) is 54.7 Å². The van der Waals surface area contributed by atoms with Gasteiger partial charge in [-0.15, -0.1) is 0 Å². The smallest absolute Gasteiger partial charge is 0.339 e. The van der Waals surface area contributed by atoms with Crippen molar-refractivity contribution in [3.8, 4) is 0 Å². The fraction of sp³-hybridized carbons (Fsp3) is 0.579. The van der Waals surface area contributed by atoms with E-state index < -0.39 is 23.4 Å².